The molecule has 0 atom stereocenters. The van der Waals surface area contributed by atoms with Gasteiger partial charge in [0.15, 0.2) is 17.3 Å². The molecule has 0 saturated heterocycles. The summed E-state index contributed by atoms with van der Waals surface area (Å²) in [6.07, 6.45) is 0. The zero-order chi connectivity index (χ0) is 24.4. The summed E-state index contributed by atoms with van der Waals surface area (Å²) in [5.41, 5.74) is 2.43. The molecule has 0 fully saturated rings. The molecule has 0 radical (unpaired) electrons. The normalized spacial score (nSPS) is 11.0. The van der Waals surface area contributed by atoms with E-state index in [1.807, 2.05) is 0 Å². The van der Waals surface area contributed by atoms with Gasteiger partial charge in [0.2, 0.25) is 0 Å². The van der Waals surface area contributed by atoms with E-state index >= 15 is 0 Å². The Morgan fingerprint density at radius 1 is 1.09 bits per heavy atom. The molecule has 1 N–H and O–H groups in total. The van der Waals surface area contributed by atoms with Crippen LogP contribution in [0, 0.1) is 31.3 Å². The molecule has 4 aromatic rings. The fourth-order valence-corrected chi connectivity index (χ4v) is 3.56. The molecule has 34 heavy (non-hydrogen) atoms. The number of halogens is 4. The molecule has 0 aliphatic heterocycles. The lowest BCUT2D eigenvalue weighted by Crippen LogP contribution is -2.12. The molecule has 0 bridgehead atoms. The number of hydrogen-bond donors (Lipinski definition) is 1. The van der Waals surface area contributed by atoms with E-state index in [-0.39, 0.29) is 28.9 Å². The van der Waals surface area contributed by atoms with Gasteiger partial charge in [-0.05, 0) is 55.8 Å². The molecule has 0 aliphatic rings. The van der Waals surface area contributed by atoms with Gasteiger partial charge in [-0.25, -0.2) is 13.2 Å². The van der Waals surface area contributed by atoms with Crippen molar-refractivity contribution in [2.75, 3.05) is 5.32 Å². The molecule has 0 saturated carbocycles. The maximum Gasteiger partial charge on any atom is 0.291 e. The van der Waals surface area contributed by atoms with E-state index in [2.05, 4.69) is 10.4 Å². The van der Waals surface area contributed by atoms with Crippen LogP contribution in [-0.4, -0.2) is 15.7 Å². The van der Waals surface area contributed by atoms with E-state index < -0.39 is 23.4 Å². The highest BCUT2D eigenvalue weighted by Gasteiger charge is 2.19. The van der Waals surface area contributed by atoms with Crippen LogP contribution in [0.3, 0.4) is 0 Å². The molecule has 0 spiro atoms. The smallest absolute Gasteiger partial charge is 0.291 e. The van der Waals surface area contributed by atoms with Crippen LogP contribution in [0.15, 0.2) is 52.9 Å². The molecule has 2 heterocycles. The average Bonchev–Trinajstić information content (AvgIpc) is 3.35. The van der Waals surface area contributed by atoms with E-state index in [9.17, 15) is 18.0 Å². The lowest BCUT2D eigenvalue weighted by atomic mass is 10.2. The first-order valence-corrected chi connectivity index (χ1v) is 10.5. The highest BCUT2D eigenvalue weighted by Crippen LogP contribution is 2.25. The molecule has 0 unspecified atom stereocenters. The number of nitrogens with one attached hydrogen (secondary N) is 1. The lowest BCUT2D eigenvalue weighted by molar-refractivity contribution is 0.0992. The van der Waals surface area contributed by atoms with Gasteiger partial charge < -0.3 is 14.5 Å². The molecule has 6 nitrogen and oxygen atoms in total. The quantitative estimate of drug-likeness (QED) is 0.343. The highest BCUT2D eigenvalue weighted by atomic mass is 35.5. The first-order chi connectivity index (χ1) is 16.2. The fourth-order valence-electron chi connectivity index (χ4n) is 3.34. The highest BCUT2D eigenvalue weighted by molar-refractivity contribution is 6.31. The van der Waals surface area contributed by atoms with Crippen molar-refractivity contribution < 1.29 is 27.1 Å². The number of aromatic nitrogens is 2. The van der Waals surface area contributed by atoms with E-state index in [0.717, 1.165) is 6.07 Å². The summed E-state index contributed by atoms with van der Waals surface area (Å²) in [5, 5.41) is 7.49. The predicted octanol–water partition coefficient (Wildman–Crippen LogP) is 6.04. The zero-order valence-electron chi connectivity index (χ0n) is 18.2. The maximum absolute atomic E-state index is 13.7. The number of ether oxygens (including phenoxy) is 1. The Morgan fingerprint density at radius 2 is 1.82 bits per heavy atom. The molecular formula is C24H19ClF3N3O3. The van der Waals surface area contributed by atoms with Crippen LogP contribution < -0.4 is 10.1 Å². The number of anilines is 1. The van der Waals surface area contributed by atoms with Gasteiger partial charge in [-0.15, -0.1) is 0 Å². The van der Waals surface area contributed by atoms with Gasteiger partial charge in [-0.3, -0.25) is 9.48 Å². The second-order valence-electron chi connectivity index (χ2n) is 7.52. The molecule has 2 aromatic carbocycles. The molecule has 1 amide bonds. The summed E-state index contributed by atoms with van der Waals surface area (Å²) in [4.78, 5) is 12.7. The first-order valence-electron chi connectivity index (χ1n) is 10.2. The van der Waals surface area contributed by atoms with Gasteiger partial charge in [0.25, 0.3) is 5.91 Å². The number of rotatable bonds is 7. The van der Waals surface area contributed by atoms with E-state index in [4.69, 9.17) is 20.8 Å². The lowest BCUT2D eigenvalue weighted by Gasteiger charge is -2.08. The second-order valence-corrected chi connectivity index (χ2v) is 7.93. The Balaban J connectivity index is 1.43. The van der Waals surface area contributed by atoms with Crippen LogP contribution in [-0.2, 0) is 13.2 Å². The maximum atomic E-state index is 13.7. The predicted molar refractivity (Wildman–Crippen MR) is 120 cm³/mol. The SMILES string of the molecule is Cc1nn(Cc2ccc(F)cc2Cl)c(C)c1NC(=O)c1ccc(COc2ccc(F)cc2F)o1. The number of benzene rings is 2. The first kappa shape index (κ1) is 23.4. The van der Waals surface area contributed by atoms with Gasteiger partial charge >= 0.3 is 0 Å². The second kappa shape index (κ2) is 9.64. The average molecular weight is 490 g/mol. The number of amides is 1. The number of carbonyl (C=O) groups excluding carboxylic acids is 1. The minimum Gasteiger partial charge on any atom is -0.483 e. The molecular weight excluding hydrogens is 471 g/mol. The third-order valence-corrected chi connectivity index (χ3v) is 5.46. The minimum absolute atomic E-state index is 0.0197. The molecule has 176 valence electrons. The third kappa shape index (κ3) is 5.09. The number of furan rings is 1. The number of hydrogen-bond acceptors (Lipinski definition) is 4. The zero-order valence-corrected chi connectivity index (χ0v) is 18.9. The molecule has 0 aliphatic carbocycles. The van der Waals surface area contributed by atoms with Gasteiger partial charge in [0.1, 0.15) is 24.0 Å². The van der Waals surface area contributed by atoms with Crippen molar-refractivity contribution >= 4 is 23.2 Å². The standard InChI is InChI=1S/C24H19ClF3N3O3/c1-13-23(14(2)31(30-13)11-15-3-4-16(26)9-19(15)25)29-24(32)22-8-6-18(34-22)12-33-21-7-5-17(27)10-20(21)28/h3-10H,11-12H2,1-2H3,(H,29,32). The number of nitrogens with zero attached hydrogens (tertiary/aromatic N) is 2. The van der Waals surface area contributed by atoms with Crippen molar-refractivity contribution in [3.8, 4) is 5.75 Å². The summed E-state index contributed by atoms with van der Waals surface area (Å²) in [6, 6.07) is 10.1. The monoisotopic (exact) mass is 489 g/mol. The van der Waals surface area contributed by atoms with Crippen LogP contribution in [0.5, 0.6) is 5.75 Å². The summed E-state index contributed by atoms with van der Waals surface area (Å²) >= 11 is 6.11. The van der Waals surface area contributed by atoms with Crippen molar-refractivity contribution in [2.45, 2.75) is 27.0 Å². The van der Waals surface area contributed by atoms with Gasteiger partial charge in [-0.2, -0.15) is 5.10 Å². The molecule has 2 aromatic heterocycles. The van der Waals surface area contributed by atoms with Crippen molar-refractivity contribution in [2.24, 2.45) is 0 Å². The summed E-state index contributed by atoms with van der Waals surface area (Å²) < 4.78 is 52.4. The van der Waals surface area contributed by atoms with Crippen LogP contribution >= 0.6 is 11.6 Å². The van der Waals surface area contributed by atoms with Crippen LogP contribution in [0.1, 0.15) is 33.3 Å². The number of carbonyl (C=O) groups is 1. The van der Waals surface area contributed by atoms with Crippen LogP contribution in [0.25, 0.3) is 0 Å². The van der Waals surface area contributed by atoms with Crippen LogP contribution in [0.2, 0.25) is 5.02 Å². The largest absolute Gasteiger partial charge is 0.483 e. The fraction of sp³-hybridized carbons (Fsp3) is 0.167. The third-order valence-electron chi connectivity index (χ3n) is 5.10. The topological polar surface area (TPSA) is 69.3 Å². The van der Waals surface area contributed by atoms with Gasteiger partial charge in [-0.1, -0.05) is 17.7 Å². The minimum atomic E-state index is -0.839. The summed E-state index contributed by atoms with van der Waals surface area (Å²) in [7, 11) is 0. The van der Waals surface area contributed by atoms with Crippen LogP contribution in [0.4, 0.5) is 18.9 Å². The Bertz CT molecular complexity index is 1370. The number of aryl methyl sites for hydroxylation is 1. The van der Waals surface area contributed by atoms with Crippen molar-refractivity contribution in [1.82, 2.24) is 9.78 Å². The molecule has 10 heteroatoms. The molecule has 4 rings (SSSR count). The van der Waals surface area contributed by atoms with Crippen molar-refractivity contribution in [1.29, 1.82) is 0 Å². The van der Waals surface area contributed by atoms with Crippen molar-refractivity contribution in [3.63, 3.8) is 0 Å². The Kier molecular flexibility index (Phi) is 6.65. The Labute approximate surface area is 197 Å². The Hall–Kier alpha value is -3.72. The van der Waals surface area contributed by atoms with Gasteiger partial charge in [0.05, 0.1) is 23.6 Å². The van der Waals surface area contributed by atoms with Crippen molar-refractivity contribution in [3.05, 3.63) is 99.5 Å². The summed E-state index contributed by atoms with van der Waals surface area (Å²) in [6.45, 7) is 3.67. The van der Waals surface area contributed by atoms with E-state index in [1.165, 1.54) is 30.3 Å². The Morgan fingerprint density at radius 3 is 2.56 bits per heavy atom. The summed E-state index contributed by atoms with van der Waals surface area (Å²) in [5.74, 6) is -2.32. The van der Waals surface area contributed by atoms with E-state index in [0.29, 0.717) is 35.2 Å². The van der Waals surface area contributed by atoms with Gasteiger partial charge in [0, 0.05) is 11.1 Å². The van der Waals surface area contributed by atoms with E-state index in [1.54, 1.807) is 24.6 Å².